The van der Waals surface area contributed by atoms with Crippen LogP contribution in [0.25, 0.3) is 22.3 Å². The lowest BCUT2D eigenvalue weighted by Gasteiger charge is -2.34. The number of aryl methyl sites for hydroxylation is 3. The van der Waals surface area contributed by atoms with Crippen molar-refractivity contribution in [1.29, 1.82) is 0 Å². The van der Waals surface area contributed by atoms with Crippen LogP contribution in [-0.4, -0.2) is 44.7 Å². The van der Waals surface area contributed by atoms with Gasteiger partial charge >= 0.3 is 0 Å². The summed E-state index contributed by atoms with van der Waals surface area (Å²) < 4.78 is 19.0. The van der Waals surface area contributed by atoms with Gasteiger partial charge in [-0.1, -0.05) is 19.9 Å². The van der Waals surface area contributed by atoms with Crippen LogP contribution < -0.4 is 9.64 Å². The highest BCUT2D eigenvalue weighted by molar-refractivity contribution is 5.78. The molecule has 38 heavy (non-hydrogen) atoms. The van der Waals surface area contributed by atoms with Crippen LogP contribution in [0.3, 0.4) is 0 Å². The zero-order chi connectivity index (χ0) is 26.3. The van der Waals surface area contributed by atoms with Gasteiger partial charge in [0.15, 0.2) is 5.65 Å². The van der Waals surface area contributed by atoms with Crippen molar-refractivity contribution in [3.63, 3.8) is 0 Å². The van der Waals surface area contributed by atoms with Crippen LogP contribution >= 0.6 is 0 Å². The third-order valence-electron chi connectivity index (χ3n) is 7.72. The molecule has 7 nitrogen and oxygen atoms in total. The van der Waals surface area contributed by atoms with Gasteiger partial charge < -0.3 is 14.6 Å². The van der Waals surface area contributed by atoms with Crippen LogP contribution in [0.15, 0.2) is 30.5 Å². The second-order valence-electron chi connectivity index (χ2n) is 11.4. The first-order valence-corrected chi connectivity index (χ1v) is 13.7. The molecule has 0 bridgehead atoms. The number of unbranched alkanes of at least 4 members (excludes halogenated alkanes) is 1. The minimum atomic E-state index is -0.295. The van der Waals surface area contributed by atoms with E-state index >= 15 is 0 Å². The van der Waals surface area contributed by atoms with Gasteiger partial charge in [-0.15, -0.1) is 0 Å². The molecular formula is C30H35FN6O. The molecular weight excluding hydrogens is 479 g/mol. The Labute approximate surface area is 222 Å². The molecule has 4 heterocycles. The molecule has 0 unspecified atom stereocenters. The smallest absolute Gasteiger partial charge is 0.177 e. The number of ether oxygens (including phenoxy) is 1. The first kappa shape index (κ1) is 24.8. The maximum absolute atomic E-state index is 12.8. The maximum atomic E-state index is 12.8. The average molecular weight is 515 g/mol. The number of aromatic nitrogens is 5. The van der Waals surface area contributed by atoms with Crippen LogP contribution in [0, 0.1) is 12.3 Å². The number of rotatable bonds is 6. The summed E-state index contributed by atoms with van der Waals surface area (Å²) in [7, 11) is 0. The van der Waals surface area contributed by atoms with Crippen molar-refractivity contribution in [2.75, 3.05) is 24.7 Å². The predicted octanol–water partition coefficient (Wildman–Crippen LogP) is 5.93. The summed E-state index contributed by atoms with van der Waals surface area (Å²) in [6.45, 7) is 8.34. The second-order valence-corrected chi connectivity index (χ2v) is 11.4. The Balaban J connectivity index is 1.36. The van der Waals surface area contributed by atoms with Crippen molar-refractivity contribution in [3.05, 3.63) is 58.9 Å². The molecule has 2 aliphatic rings. The van der Waals surface area contributed by atoms with E-state index in [4.69, 9.17) is 14.7 Å². The minimum Gasteiger partial charge on any atom is -0.491 e. The summed E-state index contributed by atoms with van der Waals surface area (Å²) in [4.78, 5) is 24.7. The molecule has 3 aromatic heterocycles. The average Bonchev–Trinajstić information content (AvgIpc) is 3.14. The zero-order valence-corrected chi connectivity index (χ0v) is 22.5. The molecule has 0 saturated heterocycles. The summed E-state index contributed by atoms with van der Waals surface area (Å²) in [5, 5.41) is 0. The van der Waals surface area contributed by atoms with Crippen LogP contribution in [0.2, 0.25) is 0 Å². The number of alkyl halides is 1. The van der Waals surface area contributed by atoms with Crippen molar-refractivity contribution in [2.45, 2.75) is 65.8 Å². The Morgan fingerprint density at radius 3 is 2.87 bits per heavy atom. The number of benzene rings is 1. The number of hydrogen-bond donors (Lipinski definition) is 1. The molecule has 1 aliphatic carbocycles. The van der Waals surface area contributed by atoms with E-state index in [0.717, 1.165) is 89.0 Å². The van der Waals surface area contributed by atoms with Gasteiger partial charge in [0, 0.05) is 41.5 Å². The Hall–Kier alpha value is -3.55. The van der Waals surface area contributed by atoms with Crippen LogP contribution in [-0.2, 0) is 25.8 Å². The van der Waals surface area contributed by atoms with E-state index in [9.17, 15) is 4.39 Å². The van der Waals surface area contributed by atoms with Gasteiger partial charge in [-0.2, -0.15) is 0 Å². The Morgan fingerprint density at radius 2 is 2.00 bits per heavy atom. The number of halogens is 1. The quantitative estimate of drug-likeness (QED) is 0.321. The number of imidazole rings is 1. The van der Waals surface area contributed by atoms with Gasteiger partial charge in [0.1, 0.15) is 29.8 Å². The summed E-state index contributed by atoms with van der Waals surface area (Å²) in [5.74, 6) is 3.63. The molecule has 0 spiro atoms. The molecule has 1 aromatic carbocycles. The van der Waals surface area contributed by atoms with Crippen molar-refractivity contribution in [1.82, 2.24) is 24.9 Å². The standard InChI is InChI=1S/C30H35FN6O/c1-19-33-25-15-21(17-32-28(25)34-19)20-7-8-26-22(14-20)18-37(12-13-38-26)29-23-16-30(2,3)10-9-24(23)35-27(36-29)6-4-5-11-31/h7-8,14-15,17H,4-6,9-13,16,18H2,1-3H3,(H,32,33,34). The number of hydrogen-bond acceptors (Lipinski definition) is 6. The molecule has 6 rings (SSSR count). The normalized spacial score (nSPS) is 16.6. The monoisotopic (exact) mass is 514 g/mol. The molecule has 8 heteroatoms. The Kier molecular flexibility index (Phi) is 6.50. The molecule has 198 valence electrons. The van der Waals surface area contributed by atoms with Gasteiger partial charge in [0.25, 0.3) is 0 Å². The van der Waals surface area contributed by atoms with Crippen LogP contribution in [0.1, 0.15) is 61.6 Å². The van der Waals surface area contributed by atoms with Crippen LogP contribution in [0.4, 0.5) is 10.2 Å². The molecule has 4 aromatic rings. The number of aromatic amines is 1. The van der Waals surface area contributed by atoms with E-state index in [2.05, 4.69) is 58.0 Å². The third-order valence-corrected chi connectivity index (χ3v) is 7.72. The van der Waals surface area contributed by atoms with Crippen molar-refractivity contribution >= 4 is 17.0 Å². The van der Waals surface area contributed by atoms with Gasteiger partial charge in [0.05, 0.1) is 18.7 Å². The van der Waals surface area contributed by atoms with E-state index in [1.165, 1.54) is 5.56 Å². The zero-order valence-electron chi connectivity index (χ0n) is 22.5. The predicted molar refractivity (Wildman–Crippen MR) is 147 cm³/mol. The SMILES string of the molecule is Cc1nc2ncc(-c3ccc4c(c3)CN(c3nc(CCCCF)nc5c3CC(C)(C)CC5)CCO4)cc2[nH]1. The van der Waals surface area contributed by atoms with Gasteiger partial charge in [-0.25, -0.2) is 19.9 Å². The lowest BCUT2D eigenvalue weighted by atomic mass is 9.76. The van der Waals surface area contributed by atoms with Crippen molar-refractivity contribution in [3.8, 4) is 16.9 Å². The highest BCUT2D eigenvalue weighted by atomic mass is 19.1. The fourth-order valence-corrected chi connectivity index (χ4v) is 5.66. The Morgan fingerprint density at radius 1 is 1.11 bits per heavy atom. The number of nitrogens with one attached hydrogen (secondary N) is 1. The van der Waals surface area contributed by atoms with E-state index in [-0.39, 0.29) is 12.1 Å². The number of nitrogens with zero attached hydrogens (tertiary/aromatic N) is 5. The summed E-state index contributed by atoms with van der Waals surface area (Å²) in [6.07, 6.45) is 6.94. The number of anilines is 1. The second kappa shape index (κ2) is 9.97. The fourth-order valence-electron chi connectivity index (χ4n) is 5.66. The van der Waals surface area contributed by atoms with Crippen molar-refractivity contribution in [2.24, 2.45) is 5.41 Å². The molecule has 1 N–H and O–H groups in total. The van der Waals surface area contributed by atoms with E-state index in [0.29, 0.717) is 26.0 Å². The summed E-state index contributed by atoms with van der Waals surface area (Å²) >= 11 is 0. The van der Waals surface area contributed by atoms with Crippen LogP contribution in [0.5, 0.6) is 5.75 Å². The fraction of sp³-hybridized carbons (Fsp3) is 0.467. The van der Waals surface area contributed by atoms with Gasteiger partial charge in [0.2, 0.25) is 0 Å². The highest BCUT2D eigenvalue weighted by Gasteiger charge is 2.31. The van der Waals surface area contributed by atoms with E-state index in [1.54, 1.807) is 0 Å². The topological polar surface area (TPSA) is 79.8 Å². The van der Waals surface area contributed by atoms with Gasteiger partial charge in [-0.05, 0) is 68.2 Å². The molecule has 0 radical (unpaired) electrons. The first-order valence-electron chi connectivity index (χ1n) is 13.7. The molecule has 1 aliphatic heterocycles. The van der Waals surface area contributed by atoms with Gasteiger partial charge in [-0.3, -0.25) is 4.39 Å². The summed E-state index contributed by atoms with van der Waals surface area (Å²) in [5.41, 5.74) is 7.56. The lowest BCUT2D eigenvalue weighted by molar-refractivity contribution is 0.310. The molecule has 0 saturated carbocycles. The maximum Gasteiger partial charge on any atom is 0.177 e. The van der Waals surface area contributed by atoms with E-state index < -0.39 is 0 Å². The third kappa shape index (κ3) is 4.96. The summed E-state index contributed by atoms with van der Waals surface area (Å²) in [6, 6.07) is 8.47. The highest BCUT2D eigenvalue weighted by Crippen LogP contribution is 2.39. The van der Waals surface area contributed by atoms with E-state index in [1.807, 2.05) is 13.1 Å². The minimum absolute atomic E-state index is 0.213. The van der Waals surface area contributed by atoms with Crippen molar-refractivity contribution < 1.29 is 9.13 Å². The first-order chi connectivity index (χ1) is 18.4. The largest absolute Gasteiger partial charge is 0.491 e. The number of H-pyrrole nitrogens is 1. The number of pyridine rings is 1. The molecule has 0 fully saturated rings. The Bertz CT molecular complexity index is 1480. The lowest BCUT2D eigenvalue weighted by Crippen LogP contribution is -2.32. The number of fused-ring (bicyclic) bond motifs is 3. The molecule has 0 atom stereocenters. The molecule has 0 amide bonds.